The maximum Gasteiger partial charge on any atom is 0.161 e. The lowest BCUT2D eigenvalue weighted by atomic mass is 9.89. The SMILES string of the molecule is COc1ccc(C[NH2+]C2CC(C)[NH+](C)CC2C)cc1OC. The van der Waals surface area contributed by atoms with Crippen molar-refractivity contribution >= 4 is 0 Å². The minimum Gasteiger partial charge on any atom is -0.493 e. The fourth-order valence-electron chi connectivity index (χ4n) is 3.33. The zero-order valence-corrected chi connectivity index (χ0v) is 14.0. The number of rotatable bonds is 5. The molecule has 21 heavy (non-hydrogen) atoms. The molecule has 1 aromatic rings. The number of likely N-dealkylation sites (tertiary alicyclic amines) is 1. The van der Waals surface area contributed by atoms with Crippen molar-refractivity contribution in [2.45, 2.75) is 38.9 Å². The lowest BCUT2D eigenvalue weighted by molar-refractivity contribution is -0.923. The number of benzene rings is 1. The summed E-state index contributed by atoms with van der Waals surface area (Å²) in [6.07, 6.45) is 1.29. The maximum atomic E-state index is 5.38. The third-order valence-electron chi connectivity index (χ3n) is 4.95. The van der Waals surface area contributed by atoms with E-state index >= 15 is 0 Å². The second-order valence-electron chi connectivity index (χ2n) is 6.46. The van der Waals surface area contributed by atoms with Gasteiger partial charge in [-0.1, -0.05) is 6.92 Å². The fraction of sp³-hybridized carbons (Fsp3) is 0.647. The minimum atomic E-state index is 0.719. The number of nitrogens with two attached hydrogens (primary N) is 1. The monoisotopic (exact) mass is 294 g/mol. The minimum absolute atomic E-state index is 0.719. The van der Waals surface area contributed by atoms with E-state index in [1.54, 1.807) is 19.1 Å². The molecule has 0 saturated carbocycles. The molecule has 0 amide bonds. The van der Waals surface area contributed by atoms with Crippen LogP contribution in [0.1, 0.15) is 25.8 Å². The second kappa shape index (κ2) is 7.14. The largest absolute Gasteiger partial charge is 0.493 e. The molecule has 2 rings (SSSR count). The zero-order valence-electron chi connectivity index (χ0n) is 14.0. The van der Waals surface area contributed by atoms with Crippen molar-refractivity contribution in [3.05, 3.63) is 23.8 Å². The smallest absolute Gasteiger partial charge is 0.161 e. The Morgan fingerprint density at radius 1 is 1.19 bits per heavy atom. The Morgan fingerprint density at radius 2 is 1.90 bits per heavy atom. The van der Waals surface area contributed by atoms with Gasteiger partial charge in [-0.25, -0.2) is 0 Å². The van der Waals surface area contributed by atoms with E-state index in [9.17, 15) is 0 Å². The van der Waals surface area contributed by atoms with E-state index in [1.165, 1.54) is 18.5 Å². The summed E-state index contributed by atoms with van der Waals surface area (Å²) in [6.45, 7) is 7.01. The summed E-state index contributed by atoms with van der Waals surface area (Å²) in [7, 11) is 5.67. The Hall–Kier alpha value is -1.26. The van der Waals surface area contributed by atoms with Gasteiger partial charge in [-0.2, -0.15) is 0 Å². The normalized spacial score (nSPS) is 29.2. The quantitative estimate of drug-likeness (QED) is 0.807. The van der Waals surface area contributed by atoms with Crippen molar-refractivity contribution in [2.24, 2.45) is 5.92 Å². The Kier molecular flexibility index (Phi) is 5.48. The lowest BCUT2D eigenvalue weighted by Crippen LogP contribution is -3.16. The molecule has 1 aromatic carbocycles. The number of methoxy groups -OCH3 is 2. The van der Waals surface area contributed by atoms with Crippen LogP contribution in [0.25, 0.3) is 0 Å². The van der Waals surface area contributed by atoms with Gasteiger partial charge in [-0.3, -0.25) is 0 Å². The highest BCUT2D eigenvalue weighted by Crippen LogP contribution is 2.27. The Bertz CT molecular complexity index is 464. The predicted octanol–water partition coefficient (Wildman–Crippen LogP) is 0.0788. The number of hydrogen-bond acceptors (Lipinski definition) is 2. The first-order valence-electron chi connectivity index (χ1n) is 7.91. The molecule has 1 heterocycles. The van der Waals surface area contributed by atoms with Crippen LogP contribution in [-0.4, -0.2) is 39.9 Å². The van der Waals surface area contributed by atoms with E-state index < -0.39 is 0 Å². The van der Waals surface area contributed by atoms with Gasteiger partial charge in [0, 0.05) is 5.56 Å². The van der Waals surface area contributed by atoms with Gasteiger partial charge in [-0.05, 0) is 25.1 Å². The standard InChI is InChI=1S/C17H28N2O2/c1-12-11-19(3)13(2)8-15(12)18-10-14-6-7-16(20-4)17(9-14)21-5/h6-7,9,12-13,15,18H,8,10-11H2,1-5H3/p+2. The van der Waals surface area contributed by atoms with Crippen molar-refractivity contribution < 1.29 is 19.7 Å². The van der Waals surface area contributed by atoms with Crippen LogP contribution in [0.5, 0.6) is 11.5 Å². The Balaban J connectivity index is 1.96. The van der Waals surface area contributed by atoms with E-state index in [1.807, 2.05) is 6.07 Å². The van der Waals surface area contributed by atoms with Crippen LogP contribution in [-0.2, 0) is 6.54 Å². The Labute approximate surface area is 128 Å². The molecule has 0 spiro atoms. The zero-order chi connectivity index (χ0) is 15.4. The topological polar surface area (TPSA) is 39.5 Å². The average molecular weight is 294 g/mol. The van der Waals surface area contributed by atoms with Crippen LogP contribution in [0.3, 0.4) is 0 Å². The molecule has 4 heteroatoms. The molecule has 0 aliphatic carbocycles. The van der Waals surface area contributed by atoms with Gasteiger partial charge >= 0.3 is 0 Å². The maximum absolute atomic E-state index is 5.38. The van der Waals surface area contributed by atoms with Gasteiger partial charge in [0.1, 0.15) is 6.54 Å². The molecule has 0 bridgehead atoms. The van der Waals surface area contributed by atoms with Gasteiger partial charge < -0.3 is 19.7 Å². The molecule has 4 unspecified atom stereocenters. The highest BCUT2D eigenvalue weighted by molar-refractivity contribution is 5.42. The number of hydrogen-bond donors (Lipinski definition) is 2. The summed E-state index contributed by atoms with van der Waals surface area (Å²) in [5.41, 5.74) is 1.29. The molecule has 0 aromatic heterocycles. The van der Waals surface area contributed by atoms with Crippen molar-refractivity contribution in [2.75, 3.05) is 27.8 Å². The average Bonchev–Trinajstić information content (AvgIpc) is 2.49. The van der Waals surface area contributed by atoms with Crippen LogP contribution in [0.4, 0.5) is 0 Å². The van der Waals surface area contributed by atoms with Crippen LogP contribution < -0.4 is 19.7 Å². The van der Waals surface area contributed by atoms with Crippen molar-refractivity contribution in [3.63, 3.8) is 0 Å². The fourth-order valence-corrected chi connectivity index (χ4v) is 3.33. The third-order valence-corrected chi connectivity index (χ3v) is 4.95. The van der Waals surface area contributed by atoms with Gasteiger partial charge in [0.25, 0.3) is 0 Å². The highest BCUT2D eigenvalue weighted by atomic mass is 16.5. The van der Waals surface area contributed by atoms with E-state index in [-0.39, 0.29) is 0 Å². The summed E-state index contributed by atoms with van der Waals surface area (Å²) in [5, 5.41) is 2.49. The summed E-state index contributed by atoms with van der Waals surface area (Å²) in [4.78, 5) is 1.67. The summed E-state index contributed by atoms with van der Waals surface area (Å²) in [5.74, 6) is 2.38. The highest BCUT2D eigenvalue weighted by Gasteiger charge is 2.34. The van der Waals surface area contributed by atoms with Crippen molar-refractivity contribution in [1.82, 2.24) is 0 Å². The molecule has 3 N–H and O–H groups in total. The van der Waals surface area contributed by atoms with Gasteiger partial charge in [0.05, 0.1) is 52.2 Å². The number of quaternary nitrogens is 2. The van der Waals surface area contributed by atoms with Gasteiger partial charge in [0.2, 0.25) is 0 Å². The van der Waals surface area contributed by atoms with Crippen LogP contribution in [0.2, 0.25) is 0 Å². The lowest BCUT2D eigenvalue weighted by Gasteiger charge is -2.35. The third kappa shape index (κ3) is 3.89. The van der Waals surface area contributed by atoms with Crippen LogP contribution >= 0.6 is 0 Å². The Morgan fingerprint density at radius 3 is 2.57 bits per heavy atom. The molecule has 1 aliphatic heterocycles. The molecular weight excluding hydrogens is 264 g/mol. The van der Waals surface area contributed by atoms with E-state index in [0.717, 1.165) is 36.0 Å². The number of piperidine rings is 1. The van der Waals surface area contributed by atoms with E-state index in [2.05, 4.69) is 38.3 Å². The first-order chi connectivity index (χ1) is 10.0. The molecular formula is C17H30N2O2+2. The number of ether oxygens (including phenoxy) is 2. The predicted molar refractivity (Wildman–Crippen MR) is 84.0 cm³/mol. The van der Waals surface area contributed by atoms with Crippen molar-refractivity contribution in [1.29, 1.82) is 0 Å². The first-order valence-corrected chi connectivity index (χ1v) is 7.91. The van der Waals surface area contributed by atoms with Gasteiger partial charge in [0.15, 0.2) is 11.5 Å². The molecule has 1 fully saturated rings. The molecule has 0 radical (unpaired) electrons. The summed E-state index contributed by atoms with van der Waals surface area (Å²) in [6, 6.07) is 7.69. The number of nitrogens with one attached hydrogen (secondary N) is 1. The van der Waals surface area contributed by atoms with Crippen LogP contribution in [0.15, 0.2) is 18.2 Å². The molecule has 118 valence electrons. The molecule has 4 nitrogen and oxygen atoms in total. The van der Waals surface area contributed by atoms with E-state index in [0.29, 0.717) is 0 Å². The van der Waals surface area contributed by atoms with Crippen molar-refractivity contribution in [3.8, 4) is 11.5 Å². The van der Waals surface area contributed by atoms with Gasteiger partial charge in [-0.15, -0.1) is 0 Å². The van der Waals surface area contributed by atoms with E-state index in [4.69, 9.17) is 9.47 Å². The molecule has 4 atom stereocenters. The molecule has 1 saturated heterocycles. The summed E-state index contributed by atoms with van der Waals surface area (Å²) >= 11 is 0. The first kappa shape index (κ1) is 16.1. The molecule has 1 aliphatic rings. The van der Waals surface area contributed by atoms with Crippen LogP contribution in [0, 0.1) is 5.92 Å². The summed E-state index contributed by atoms with van der Waals surface area (Å²) < 4.78 is 10.7. The second-order valence-corrected chi connectivity index (χ2v) is 6.46.